The summed E-state index contributed by atoms with van der Waals surface area (Å²) >= 11 is 15.7. The van der Waals surface area contributed by atoms with E-state index in [1.807, 2.05) is 36.4 Å². The smallest absolute Gasteiger partial charge is 0.175 e. The van der Waals surface area contributed by atoms with Crippen molar-refractivity contribution in [3.63, 3.8) is 0 Å². The standard InChI is InChI=1S/C25H26BrCl2NO4.ClH/c1-30-22-7-5-16(12-23(22)31-2)8-9-29-14-18-10-19(26)25(24(13-18)32-3)33-15-17-4-6-20(27)21(28)11-17;/h4-7,10-13,29H,8-9,14-15H2,1-3H3;1H. The van der Waals surface area contributed by atoms with Crippen LogP contribution in [0.15, 0.2) is 53.0 Å². The Labute approximate surface area is 225 Å². The monoisotopic (exact) mass is 589 g/mol. The molecular formula is C25H27BrCl3NO4. The number of hydrogen-bond acceptors (Lipinski definition) is 5. The lowest BCUT2D eigenvalue weighted by Gasteiger charge is -2.15. The number of hydrogen-bond donors (Lipinski definition) is 1. The third kappa shape index (κ3) is 7.59. The van der Waals surface area contributed by atoms with Crippen LogP contribution in [0.25, 0.3) is 0 Å². The molecule has 0 saturated heterocycles. The van der Waals surface area contributed by atoms with E-state index < -0.39 is 0 Å². The summed E-state index contributed by atoms with van der Waals surface area (Å²) in [5.41, 5.74) is 3.16. The Morgan fingerprint density at radius 1 is 0.765 bits per heavy atom. The number of halogens is 4. The first-order valence-corrected chi connectivity index (χ1v) is 11.8. The molecule has 5 nitrogen and oxygen atoms in total. The van der Waals surface area contributed by atoms with Gasteiger partial charge in [-0.2, -0.15) is 0 Å². The third-order valence-corrected chi connectivity index (χ3v) is 6.35. The van der Waals surface area contributed by atoms with E-state index in [9.17, 15) is 0 Å². The Hall–Kier alpha value is -1.83. The average Bonchev–Trinajstić information content (AvgIpc) is 2.82. The molecule has 3 aromatic rings. The molecule has 0 heterocycles. The van der Waals surface area contributed by atoms with Crippen LogP contribution in [-0.2, 0) is 19.6 Å². The van der Waals surface area contributed by atoms with Gasteiger partial charge in [0, 0.05) is 6.54 Å². The van der Waals surface area contributed by atoms with Crippen LogP contribution in [-0.4, -0.2) is 27.9 Å². The van der Waals surface area contributed by atoms with E-state index in [4.69, 9.17) is 42.1 Å². The second-order valence-electron chi connectivity index (χ2n) is 7.26. The van der Waals surface area contributed by atoms with E-state index in [2.05, 4.69) is 21.2 Å². The molecule has 1 N–H and O–H groups in total. The summed E-state index contributed by atoms with van der Waals surface area (Å²) in [7, 11) is 4.90. The molecule has 9 heteroatoms. The van der Waals surface area contributed by atoms with E-state index in [0.29, 0.717) is 34.7 Å². The zero-order chi connectivity index (χ0) is 23.8. The zero-order valence-corrected chi connectivity index (χ0v) is 23.0. The summed E-state index contributed by atoms with van der Waals surface area (Å²) in [6.45, 7) is 1.84. The summed E-state index contributed by atoms with van der Waals surface area (Å²) in [5.74, 6) is 2.76. The Balaban J connectivity index is 0.00000408. The fourth-order valence-electron chi connectivity index (χ4n) is 3.30. The van der Waals surface area contributed by atoms with E-state index in [1.54, 1.807) is 33.5 Å². The fraction of sp³-hybridized carbons (Fsp3) is 0.280. The van der Waals surface area contributed by atoms with Gasteiger partial charge in [-0.25, -0.2) is 0 Å². The minimum absolute atomic E-state index is 0. The maximum absolute atomic E-state index is 6.09. The predicted molar refractivity (Wildman–Crippen MR) is 144 cm³/mol. The molecule has 0 radical (unpaired) electrons. The van der Waals surface area contributed by atoms with Crippen molar-refractivity contribution in [1.82, 2.24) is 5.32 Å². The SMILES string of the molecule is COc1ccc(CCNCc2cc(Br)c(OCc3ccc(Cl)c(Cl)c3)c(OC)c2)cc1OC.Cl. The van der Waals surface area contributed by atoms with Gasteiger partial charge in [0.25, 0.3) is 0 Å². The lowest BCUT2D eigenvalue weighted by Crippen LogP contribution is -2.17. The Morgan fingerprint density at radius 3 is 2.12 bits per heavy atom. The highest BCUT2D eigenvalue weighted by molar-refractivity contribution is 9.10. The van der Waals surface area contributed by atoms with Gasteiger partial charge < -0.3 is 24.3 Å². The van der Waals surface area contributed by atoms with Gasteiger partial charge in [-0.1, -0.05) is 35.3 Å². The summed E-state index contributed by atoms with van der Waals surface area (Å²) in [4.78, 5) is 0. The minimum atomic E-state index is 0. The van der Waals surface area contributed by atoms with Crippen LogP contribution in [0, 0.1) is 0 Å². The van der Waals surface area contributed by atoms with Gasteiger partial charge in [-0.05, 0) is 82.0 Å². The Kier molecular flexibility index (Phi) is 11.6. The van der Waals surface area contributed by atoms with Crippen molar-refractivity contribution in [2.45, 2.75) is 19.6 Å². The van der Waals surface area contributed by atoms with Crippen molar-refractivity contribution >= 4 is 51.5 Å². The van der Waals surface area contributed by atoms with Crippen molar-refractivity contribution in [2.75, 3.05) is 27.9 Å². The van der Waals surface area contributed by atoms with E-state index in [-0.39, 0.29) is 12.4 Å². The molecule has 0 fully saturated rings. The molecule has 0 spiro atoms. The van der Waals surface area contributed by atoms with Crippen LogP contribution in [0.1, 0.15) is 16.7 Å². The van der Waals surface area contributed by atoms with Crippen LogP contribution < -0.4 is 24.3 Å². The zero-order valence-electron chi connectivity index (χ0n) is 19.1. The Morgan fingerprint density at radius 2 is 1.44 bits per heavy atom. The third-order valence-electron chi connectivity index (χ3n) is 5.02. The lowest BCUT2D eigenvalue weighted by atomic mass is 10.1. The van der Waals surface area contributed by atoms with Crippen LogP contribution in [0.3, 0.4) is 0 Å². The molecule has 0 bridgehead atoms. The second-order valence-corrected chi connectivity index (χ2v) is 8.93. The van der Waals surface area contributed by atoms with Crippen molar-refractivity contribution in [3.05, 3.63) is 79.7 Å². The number of rotatable bonds is 11. The second kappa shape index (κ2) is 13.9. The minimum Gasteiger partial charge on any atom is -0.493 e. The van der Waals surface area contributed by atoms with Crippen molar-refractivity contribution in [2.24, 2.45) is 0 Å². The van der Waals surface area contributed by atoms with Gasteiger partial charge >= 0.3 is 0 Å². The van der Waals surface area contributed by atoms with Gasteiger partial charge in [0.1, 0.15) is 6.61 Å². The molecular weight excluding hydrogens is 565 g/mol. The van der Waals surface area contributed by atoms with Crippen LogP contribution in [0.2, 0.25) is 10.0 Å². The largest absolute Gasteiger partial charge is 0.493 e. The molecule has 0 aliphatic heterocycles. The highest BCUT2D eigenvalue weighted by Crippen LogP contribution is 2.37. The topological polar surface area (TPSA) is 49.0 Å². The number of benzene rings is 3. The summed E-state index contributed by atoms with van der Waals surface area (Å²) in [5, 5.41) is 4.48. The number of methoxy groups -OCH3 is 3. The van der Waals surface area contributed by atoms with E-state index in [0.717, 1.165) is 40.1 Å². The molecule has 3 rings (SSSR count). The number of ether oxygens (including phenoxy) is 4. The summed E-state index contributed by atoms with van der Waals surface area (Å²) < 4.78 is 23.1. The maximum Gasteiger partial charge on any atom is 0.175 e. The van der Waals surface area contributed by atoms with Crippen LogP contribution in [0.5, 0.6) is 23.0 Å². The first-order valence-electron chi connectivity index (χ1n) is 10.3. The van der Waals surface area contributed by atoms with Gasteiger partial charge in [-0.15, -0.1) is 12.4 Å². The van der Waals surface area contributed by atoms with Crippen molar-refractivity contribution < 1.29 is 18.9 Å². The van der Waals surface area contributed by atoms with Gasteiger partial charge in [-0.3, -0.25) is 0 Å². The molecule has 0 unspecified atom stereocenters. The van der Waals surface area contributed by atoms with E-state index >= 15 is 0 Å². The van der Waals surface area contributed by atoms with Gasteiger partial charge in [0.15, 0.2) is 23.0 Å². The molecule has 0 amide bonds. The van der Waals surface area contributed by atoms with E-state index in [1.165, 1.54) is 5.56 Å². The normalized spacial score (nSPS) is 10.4. The molecule has 184 valence electrons. The first kappa shape index (κ1) is 28.4. The molecule has 0 aliphatic carbocycles. The molecule has 3 aromatic carbocycles. The van der Waals surface area contributed by atoms with Crippen LogP contribution >= 0.6 is 51.5 Å². The van der Waals surface area contributed by atoms with Gasteiger partial charge in [0.05, 0.1) is 35.8 Å². The summed E-state index contributed by atoms with van der Waals surface area (Å²) in [6.07, 6.45) is 0.865. The first-order chi connectivity index (χ1) is 15.9. The predicted octanol–water partition coefficient (Wildman–Crippen LogP) is 7.11. The summed E-state index contributed by atoms with van der Waals surface area (Å²) in [6, 6.07) is 15.4. The lowest BCUT2D eigenvalue weighted by molar-refractivity contribution is 0.282. The van der Waals surface area contributed by atoms with Crippen molar-refractivity contribution in [3.8, 4) is 23.0 Å². The molecule has 34 heavy (non-hydrogen) atoms. The molecule has 0 aliphatic rings. The highest BCUT2D eigenvalue weighted by atomic mass is 79.9. The quantitative estimate of drug-likeness (QED) is 0.241. The fourth-order valence-corrected chi connectivity index (χ4v) is 4.23. The average molecular weight is 592 g/mol. The van der Waals surface area contributed by atoms with Crippen LogP contribution in [0.4, 0.5) is 0 Å². The molecule has 0 saturated carbocycles. The highest BCUT2D eigenvalue weighted by Gasteiger charge is 2.13. The molecule has 0 aromatic heterocycles. The molecule has 0 atom stereocenters. The number of nitrogens with one attached hydrogen (secondary N) is 1. The Bertz CT molecular complexity index is 1100. The van der Waals surface area contributed by atoms with Gasteiger partial charge in [0.2, 0.25) is 0 Å². The van der Waals surface area contributed by atoms with Crippen molar-refractivity contribution in [1.29, 1.82) is 0 Å². The maximum atomic E-state index is 6.09.